The molecule has 2 fully saturated rings. The number of nitrogens with zero attached hydrogens (tertiary/aromatic N) is 2. The van der Waals surface area contributed by atoms with Crippen molar-refractivity contribution in [2.24, 2.45) is 0 Å². The minimum Gasteiger partial charge on any atom is -0.378 e. The van der Waals surface area contributed by atoms with E-state index in [1.807, 2.05) is 12.1 Å². The molecule has 8 nitrogen and oxygen atoms in total. The maximum Gasteiger partial charge on any atom is 0.315 e. The number of rotatable bonds is 7. The van der Waals surface area contributed by atoms with Crippen molar-refractivity contribution in [1.82, 2.24) is 15.6 Å². The Morgan fingerprint density at radius 1 is 1.14 bits per heavy atom. The molecule has 2 aliphatic rings. The van der Waals surface area contributed by atoms with Crippen LogP contribution in [0.15, 0.2) is 18.3 Å². The number of pyridine rings is 1. The number of amides is 3. The number of carbonyl (C=O) groups is 2. The first kappa shape index (κ1) is 20.4. The largest absolute Gasteiger partial charge is 0.378 e. The lowest BCUT2D eigenvalue weighted by Gasteiger charge is -2.28. The summed E-state index contributed by atoms with van der Waals surface area (Å²) in [5.74, 6) is 0.450. The Labute approximate surface area is 166 Å². The van der Waals surface area contributed by atoms with Gasteiger partial charge in [0.15, 0.2) is 0 Å². The number of hydrogen-bond donors (Lipinski definition) is 3. The average molecular weight is 390 g/mol. The van der Waals surface area contributed by atoms with Gasteiger partial charge < -0.3 is 25.6 Å². The number of urea groups is 1. The molecule has 28 heavy (non-hydrogen) atoms. The molecule has 0 bridgehead atoms. The summed E-state index contributed by atoms with van der Waals surface area (Å²) in [5, 5.41) is 8.64. The molecule has 1 aromatic rings. The van der Waals surface area contributed by atoms with Crippen LogP contribution in [0.25, 0.3) is 0 Å². The van der Waals surface area contributed by atoms with Crippen LogP contribution < -0.4 is 20.9 Å². The van der Waals surface area contributed by atoms with Gasteiger partial charge in [-0.2, -0.15) is 0 Å². The zero-order chi connectivity index (χ0) is 19.6. The van der Waals surface area contributed by atoms with E-state index >= 15 is 0 Å². The van der Waals surface area contributed by atoms with Gasteiger partial charge in [-0.05, 0) is 31.4 Å². The molecule has 8 heteroatoms. The summed E-state index contributed by atoms with van der Waals surface area (Å²) < 4.78 is 5.35. The minimum absolute atomic E-state index is 0.0962. The summed E-state index contributed by atoms with van der Waals surface area (Å²) in [7, 11) is 0. The van der Waals surface area contributed by atoms with Gasteiger partial charge in [0, 0.05) is 32.1 Å². The summed E-state index contributed by atoms with van der Waals surface area (Å²) in [6.45, 7) is 3.65. The number of morpholine rings is 1. The molecule has 0 atom stereocenters. The molecule has 3 amide bonds. The van der Waals surface area contributed by atoms with E-state index in [0.29, 0.717) is 31.2 Å². The fourth-order valence-corrected chi connectivity index (χ4v) is 3.61. The van der Waals surface area contributed by atoms with E-state index in [2.05, 4.69) is 25.8 Å². The van der Waals surface area contributed by atoms with Gasteiger partial charge in [-0.3, -0.25) is 4.79 Å². The molecule has 3 N–H and O–H groups in total. The van der Waals surface area contributed by atoms with Crippen molar-refractivity contribution in [2.45, 2.75) is 51.0 Å². The Morgan fingerprint density at radius 2 is 1.93 bits per heavy atom. The van der Waals surface area contributed by atoms with Crippen molar-refractivity contribution in [3.05, 3.63) is 18.3 Å². The predicted octanol–water partition coefficient (Wildman–Crippen LogP) is 2.27. The van der Waals surface area contributed by atoms with Gasteiger partial charge in [0.2, 0.25) is 5.91 Å². The zero-order valence-electron chi connectivity index (χ0n) is 16.4. The number of nitrogens with one attached hydrogen (secondary N) is 3. The Bertz CT molecular complexity index is 625. The van der Waals surface area contributed by atoms with E-state index < -0.39 is 0 Å². The number of carbonyl (C=O) groups excluding carboxylic acids is 2. The SMILES string of the molecule is O=C(CCCNC(=O)NC1CCCCC1)Nc1ccc(N2CCOCC2)cn1. The molecule has 0 spiro atoms. The summed E-state index contributed by atoms with van der Waals surface area (Å²) in [4.78, 5) is 30.5. The molecule has 1 aliphatic heterocycles. The van der Waals surface area contributed by atoms with Crippen LogP contribution in [-0.2, 0) is 9.53 Å². The third-order valence-electron chi connectivity index (χ3n) is 5.20. The van der Waals surface area contributed by atoms with E-state index in [0.717, 1.165) is 44.8 Å². The van der Waals surface area contributed by atoms with E-state index in [1.54, 1.807) is 6.20 Å². The van der Waals surface area contributed by atoms with Gasteiger partial charge in [-0.25, -0.2) is 9.78 Å². The molecule has 0 unspecified atom stereocenters. The first-order valence-corrected chi connectivity index (χ1v) is 10.3. The van der Waals surface area contributed by atoms with Crippen molar-refractivity contribution in [3.63, 3.8) is 0 Å². The highest BCUT2D eigenvalue weighted by Gasteiger charge is 2.15. The second kappa shape index (κ2) is 10.8. The maximum atomic E-state index is 12.1. The fraction of sp³-hybridized carbons (Fsp3) is 0.650. The van der Waals surface area contributed by atoms with Crippen LogP contribution in [0.2, 0.25) is 0 Å². The molecule has 3 rings (SSSR count). The molecule has 0 aromatic carbocycles. The number of ether oxygens (including phenoxy) is 1. The standard InChI is InChI=1S/C20H31N5O3/c26-19(7-4-10-21-20(27)23-16-5-2-1-3-6-16)24-18-9-8-17(15-22-18)25-11-13-28-14-12-25/h8-9,15-16H,1-7,10-14H2,(H2,21,23,27)(H,22,24,26). The Hall–Kier alpha value is -2.35. The average Bonchev–Trinajstić information content (AvgIpc) is 2.73. The molecule has 1 aliphatic carbocycles. The van der Waals surface area contributed by atoms with Crippen molar-refractivity contribution in [3.8, 4) is 0 Å². The summed E-state index contributed by atoms with van der Waals surface area (Å²) in [6, 6.07) is 3.94. The van der Waals surface area contributed by atoms with Gasteiger partial charge in [-0.15, -0.1) is 0 Å². The number of hydrogen-bond acceptors (Lipinski definition) is 5. The van der Waals surface area contributed by atoms with Crippen LogP contribution in [0.4, 0.5) is 16.3 Å². The van der Waals surface area contributed by atoms with Crippen LogP contribution in [0, 0.1) is 0 Å². The first-order valence-electron chi connectivity index (χ1n) is 10.3. The second-order valence-corrected chi connectivity index (χ2v) is 7.39. The zero-order valence-corrected chi connectivity index (χ0v) is 16.4. The molecule has 1 saturated carbocycles. The highest BCUT2D eigenvalue weighted by molar-refractivity contribution is 5.89. The Balaban J connectivity index is 1.30. The number of anilines is 2. The lowest BCUT2D eigenvalue weighted by atomic mass is 9.96. The van der Waals surface area contributed by atoms with E-state index in [-0.39, 0.29) is 11.9 Å². The van der Waals surface area contributed by atoms with Crippen molar-refractivity contribution in [1.29, 1.82) is 0 Å². The smallest absolute Gasteiger partial charge is 0.315 e. The highest BCUT2D eigenvalue weighted by Crippen LogP contribution is 2.17. The second-order valence-electron chi connectivity index (χ2n) is 7.39. The van der Waals surface area contributed by atoms with Crippen LogP contribution >= 0.6 is 0 Å². The van der Waals surface area contributed by atoms with E-state index in [9.17, 15) is 9.59 Å². The highest BCUT2D eigenvalue weighted by atomic mass is 16.5. The lowest BCUT2D eigenvalue weighted by Crippen LogP contribution is -2.43. The summed E-state index contributed by atoms with van der Waals surface area (Å²) in [6.07, 6.45) is 8.48. The molecule has 1 aromatic heterocycles. The van der Waals surface area contributed by atoms with Crippen LogP contribution in [0.5, 0.6) is 0 Å². The summed E-state index contributed by atoms with van der Waals surface area (Å²) >= 11 is 0. The van der Waals surface area contributed by atoms with Crippen molar-refractivity contribution in [2.75, 3.05) is 43.1 Å². The van der Waals surface area contributed by atoms with E-state index in [1.165, 1.54) is 19.3 Å². The maximum absolute atomic E-state index is 12.1. The third kappa shape index (κ3) is 6.67. The van der Waals surface area contributed by atoms with Crippen LogP contribution in [0.3, 0.4) is 0 Å². The quantitative estimate of drug-likeness (QED) is 0.622. The third-order valence-corrected chi connectivity index (χ3v) is 5.20. The first-order chi connectivity index (χ1) is 13.7. The van der Waals surface area contributed by atoms with Gasteiger partial charge in [0.05, 0.1) is 25.1 Å². The minimum atomic E-state index is -0.132. The molecular weight excluding hydrogens is 358 g/mol. The molecular formula is C20H31N5O3. The molecule has 154 valence electrons. The van der Waals surface area contributed by atoms with Gasteiger partial charge in [0.25, 0.3) is 0 Å². The van der Waals surface area contributed by atoms with Crippen LogP contribution in [0.1, 0.15) is 44.9 Å². The van der Waals surface area contributed by atoms with Crippen molar-refractivity contribution >= 4 is 23.4 Å². The molecule has 1 saturated heterocycles. The Kier molecular flexibility index (Phi) is 7.90. The Morgan fingerprint density at radius 3 is 2.64 bits per heavy atom. The van der Waals surface area contributed by atoms with Crippen LogP contribution in [-0.4, -0.2) is 55.8 Å². The fourth-order valence-electron chi connectivity index (χ4n) is 3.61. The van der Waals surface area contributed by atoms with Gasteiger partial charge in [-0.1, -0.05) is 19.3 Å². The molecule has 0 radical (unpaired) electrons. The monoisotopic (exact) mass is 389 g/mol. The lowest BCUT2D eigenvalue weighted by molar-refractivity contribution is -0.116. The van der Waals surface area contributed by atoms with E-state index in [4.69, 9.17) is 4.74 Å². The topological polar surface area (TPSA) is 95.6 Å². The normalized spacial score (nSPS) is 17.8. The van der Waals surface area contributed by atoms with Crippen molar-refractivity contribution < 1.29 is 14.3 Å². The summed E-state index contributed by atoms with van der Waals surface area (Å²) in [5.41, 5.74) is 1.04. The predicted molar refractivity (Wildman–Crippen MR) is 109 cm³/mol. The van der Waals surface area contributed by atoms with Gasteiger partial charge >= 0.3 is 6.03 Å². The molecule has 2 heterocycles. The van der Waals surface area contributed by atoms with Gasteiger partial charge in [0.1, 0.15) is 5.82 Å². The number of aromatic nitrogens is 1.